The number of aromatic nitrogens is 2. The molecule has 0 aliphatic rings. The average Bonchev–Trinajstić information content (AvgIpc) is 2.20. The summed E-state index contributed by atoms with van der Waals surface area (Å²) < 4.78 is 0. The molecule has 0 atom stereocenters. The zero-order valence-electron chi connectivity index (χ0n) is 7.41. The van der Waals surface area contributed by atoms with Crippen LogP contribution in [0.1, 0.15) is 12.0 Å². The fraction of sp³-hybridized carbons (Fsp3) is 0.222. The minimum absolute atomic E-state index is 0.181. The van der Waals surface area contributed by atoms with E-state index in [1.807, 2.05) is 12.3 Å². The molecular weight excluding hydrogens is 218 g/mol. The lowest BCUT2D eigenvalue weighted by molar-refractivity contribution is 0.965. The van der Waals surface area contributed by atoms with Gasteiger partial charge in [-0.05, 0) is 6.26 Å². The lowest BCUT2D eigenvalue weighted by Crippen LogP contribution is -1.89. The molecule has 0 spiro atoms. The van der Waals surface area contributed by atoms with Crippen LogP contribution >= 0.6 is 23.4 Å². The Morgan fingerprint density at radius 1 is 1.64 bits per heavy atom. The van der Waals surface area contributed by atoms with Crippen LogP contribution in [0.3, 0.4) is 0 Å². The van der Waals surface area contributed by atoms with E-state index in [4.69, 9.17) is 16.9 Å². The molecule has 0 bridgehead atoms. The average molecular weight is 224 g/mol. The molecule has 14 heavy (non-hydrogen) atoms. The summed E-state index contributed by atoms with van der Waals surface area (Å²) in [4.78, 5) is 8.02. The van der Waals surface area contributed by atoms with Gasteiger partial charge in [0, 0.05) is 6.20 Å². The van der Waals surface area contributed by atoms with Gasteiger partial charge in [-0.1, -0.05) is 35.2 Å². The minimum atomic E-state index is 0.181. The number of hydrogen-bond acceptors (Lipinski definition) is 4. The Bertz CT molecular complexity index is 428. The number of halogens is 1. The lowest BCUT2D eigenvalue weighted by atomic mass is 10.3. The van der Waals surface area contributed by atoms with Crippen molar-refractivity contribution in [3.63, 3.8) is 0 Å². The Kier molecular flexibility index (Phi) is 4.25. The molecule has 0 fully saturated rings. The first-order valence-corrected chi connectivity index (χ1v) is 5.30. The van der Waals surface area contributed by atoms with Gasteiger partial charge in [0.05, 0.1) is 18.1 Å². The van der Waals surface area contributed by atoms with Crippen LogP contribution in [0, 0.1) is 23.2 Å². The second-order valence-corrected chi connectivity index (χ2v) is 3.33. The van der Waals surface area contributed by atoms with Crippen LogP contribution in [-0.2, 0) is 0 Å². The quantitative estimate of drug-likeness (QED) is 0.317. The van der Waals surface area contributed by atoms with Gasteiger partial charge in [0.25, 0.3) is 0 Å². The van der Waals surface area contributed by atoms with Gasteiger partial charge in [-0.25, -0.2) is 9.97 Å². The van der Waals surface area contributed by atoms with E-state index < -0.39 is 0 Å². The van der Waals surface area contributed by atoms with Crippen LogP contribution in [0.15, 0.2) is 11.4 Å². The normalized spacial score (nSPS) is 8.64. The summed E-state index contributed by atoms with van der Waals surface area (Å²) in [5.74, 6) is 5.37. The van der Waals surface area contributed by atoms with Crippen molar-refractivity contribution in [2.45, 2.75) is 11.6 Å². The molecule has 0 aromatic carbocycles. The number of nitriles is 1. The number of rotatable bonds is 1. The van der Waals surface area contributed by atoms with E-state index in [-0.39, 0.29) is 6.42 Å². The maximum absolute atomic E-state index is 8.28. The van der Waals surface area contributed by atoms with Crippen molar-refractivity contribution in [1.82, 2.24) is 9.97 Å². The predicted molar refractivity (Wildman–Crippen MR) is 55.9 cm³/mol. The van der Waals surface area contributed by atoms with Crippen molar-refractivity contribution in [2.75, 3.05) is 6.26 Å². The highest BCUT2D eigenvalue weighted by atomic mass is 35.5. The van der Waals surface area contributed by atoms with Crippen molar-refractivity contribution in [1.29, 1.82) is 5.26 Å². The summed E-state index contributed by atoms with van der Waals surface area (Å²) in [6.45, 7) is 0. The van der Waals surface area contributed by atoms with Gasteiger partial charge in [-0.15, -0.1) is 0 Å². The molecule has 1 aromatic rings. The highest BCUT2D eigenvalue weighted by Gasteiger charge is 2.00. The topological polar surface area (TPSA) is 49.6 Å². The maximum Gasteiger partial charge on any atom is 0.188 e. The van der Waals surface area contributed by atoms with E-state index >= 15 is 0 Å². The molecule has 0 unspecified atom stereocenters. The summed E-state index contributed by atoms with van der Waals surface area (Å²) >= 11 is 7.25. The van der Waals surface area contributed by atoms with Crippen molar-refractivity contribution < 1.29 is 0 Å². The van der Waals surface area contributed by atoms with Crippen LogP contribution in [0.25, 0.3) is 0 Å². The zero-order chi connectivity index (χ0) is 10.4. The SMILES string of the molecule is CSc1ncc(C#CCC#N)c(Cl)n1. The molecule has 1 heterocycles. The third-order valence-electron chi connectivity index (χ3n) is 1.29. The van der Waals surface area contributed by atoms with E-state index in [1.165, 1.54) is 11.8 Å². The molecule has 0 aliphatic heterocycles. The molecule has 0 radical (unpaired) electrons. The summed E-state index contributed by atoms with van der Waals surface area (Å²) in [5.41, 5.74) is 0.555. The predicted octanol–water partition coefficient (Wildman–Crippen LogP) is 2.12. The molecule has 0 saturated carbocycles. The van der Waals surface area contributed by atoms with Gasteiger partial charge in [-0.3, -0.25) is 0 Å². The van der Waals surface area contributed by atoms with Crippen molar-refractivity contribution in [3.05, 3.63) is 16.9 Å². The summed E-state index contributed by atoms with van der Waals surface area (Å²) in [7, 11) is 0. The van der Waals surface area contributed by atoms with Crippen molar-refractivity contribution in [2.24, 2.45) is 0 Å². The molecule has 0 amide bonds. The number of nitrogens with zero attached hydrogens (tertiary/aromatic N) is 3. The molecule has 0 aliphatic carbocycles. The Morgan fingerprint density at radius 2 is 2.43 bits per heavy atom. The third-order valence-corrected chi connectivity index (χ3v) is 2.14. The van der Waals surface area contributed by atoms with Gasteiger partial charge < -0.3 is 0 Å². The fourth-order valence-electron chi connectivity index (χ4n) is 0.707. The van der Waals surface area contributed by atoms with Gasteiger partial charge in [0.2, 0.25) is 0 Å². The zero-order valence-corrected chi connectivity index (χ0v) is 8.98. The second-order valence-electron chi connectivity index (χ2n) is 2.20. The van der Waals surface area contributed by atoms with Crippen molar-refractivity contribution in [3.8, 4) is 17.9 Å². The van der Waals surface area contributed by atoms with Crippen LogP contribution < -0.4 is 0 Å². The molecule has 3 nitrogen and oxygen atoms in total. The van der Waals surface area contributed by atoms with Gasteiger partial charge in [-0.2, -0.15) is 5.26 Å². The first-order valence-electron chi connectivity index (χ1n) is 3.70. The summed E-state index contributed by atoms with van der Waals surface area (Å²) in [5, 5.41) is 9.22. The molecule has 0 saturated heterocycles. The Hall–Kier alpha value is -1.23. The highest BCUT2D eigenvalue weighted by molar-refractivity contribution is 7.98. The van der Waals surface area contributed by atoms with Crippen LogP contribution in [0.5, 0.6) is 0 Å². The number of hydrogen-bond donors (Lipinski definition) is 0. The third kappa shape index (κ3) is 2.92. The van der Waals surface area contributed by atoms with Crippen LogP contribution in [-0.4, -0.2) is 16.2 Å². The Balaban J connectivity index is 2.92. The summed E-state index contributed by atoms with van der Waals surface area (Å²) in [6.07, 6.45) is 3.61. The van der Waals surface area contributed by atoms with Gasteiger partial charge >= 0.3 is 0 Å². The Labute approximate surface area is 91.5 Å². The molecule has 5 heteroatoms. The molecular formula is C9H6ClN3S. The first kappa shape index (κ1) is 10.8. The van der Waals surface area contributed by atoms with E-state index in [2.05, 4.69) is 21.8 Å². The van der Waals surface area contributed by atoms with Gasteiger partial charge in [0.1, 0.15) is 5.15 Å². The highest BCUT2D eigenvalue weighted by Crippen LogP contribution is 2.15. The lowest BCUT2D eigenvalue weighted by Gasteiger charge is -1.96. The monoisotopic (exact) mass is 223 g/mol. The maximum atomic E-state index is 8.28. The molecule has 1 aromatic heterocycles. The molecule has 1 rings (SSSR count). The van der Waals surface area contributed by atoms with Crippen molar-refractivity contribution >= 4 is 23.4 Å². The molecule has 70 valence electrons. The van der Waals surface area contributed by atoms with Gasteiger partial charge in [0.15, 0.2) is 5.16 Å². The first-order chi connectivity index (χ1) is 6.77. The van der Waals surface area contributed by atoms with Crippen LogP contribution in [0.4, 0.5) is 0 Å². The van der Waals surface area contributed by atoms with E-state index in [9.17, 15) is 0 Å². The second kappa shape index (κ2) is 5.49. The number of thioether (sulfide) groups is 1. The van der Waals surface area contributed by atoms with Crippen LogP contribution in [0.2, 0.25) is 5.15 Å². The largest absolute Gasteiger partial charge is 0.230 e. The fourth-order valence-corrected chi connectivity index (χ4v) is 1.27. The molecule has 0 N–H and O–H groups in total. The smallest absolute Gasteiger partial charge is 0.188 e. The van der Waals surface area contributed by atoms with E-state index in [1.54, 1.807) is 6.20 Å². The minimum Gasteiger partial charge on any atom is -0.230 e. The Morgan fingerprint density at radius 3 is 3.00 bits per heavy atom. The standard InChI is InChI=1S/C9H6ClN3S/c1-14-9-12-6-7(8(10)13-9)4-2-3-5-11/h6H,3H2,1H3. The van der Waals surface area contributed by atoms with E-state index in [0.29, 0.717) is 15.9 Å². The van der Waals surface area contributed by atoms with E-state index in [0.717, 1.165) is 0 Å². The summed E-state index contributed by atoms with van der Waals surface area (Å²) in [6, 6.07) is 1.92.